The average Bonchev–Trinajstić information content (AvgIpc) is 2.71. The number of hydrogen-bond donors (Lipinski definition) is 2. The van der Waals surface area contributed by atoms with Gasteiger partial charge in [0.25, 0.3) is 0 Å². The zero-order valence-electron chi connectivity index (χ0n) is 9.54. The zero-order valence-corrected chi connectivity index (χ0v) is 11.9. The number of aliphatic hydroxyl groups is 2. The summed E-state index contributed by atoms with van der Waals surface area (Å²) in [6, 6.07) is 1.24. The Morgan fingerprint density at radius 1 is 1.50 bits per heavy atom. The normalized spacial score (nSPS) is 12.0. The Morgan fingerprint density at radius 2 is 2.17 bits per heavy atom. The van der Waals surface area contributed by atoms with Gasteiger partial charge in [-0.1, -0.05) is 6.08 Å². The SMILES string of the molecule is C=CCN(CCO)S(=O)(=O)c1cc(CO)oc1Br. The number of halogens is 1. The standard InChI is InChI=1S/C10H14BrNO5S/c1-2-3-12(4-5-13)18(15,16)9-6-8(7-14)17-10(9)11/h2,6,13-14H,1,3-5,7H2. The molecule has 102 valence electrons. The fourth-order valence-electron chi connectivity index (χ4n) is 1.36. The average molecular weight is 340 g/mol. The molecule has 1 heterocycles. The lowest BCUT2D eigenvalue weighted by Gasteiger charge is -2.18. The van der Waals surface area contributed by atoms with E-state index in [2.05, 4.69) is 22.5 Å². The topological polar surface area (TPSA) is 91.0 Å². The summed E-state index contributed by atoms with van der Waals surface area (Å²) in [5, 5.41) is 17.8. The fourth-order valence-corrected chi connectivity index (χ4v) is 3.72. The van der Waals surface area contributed by atoms with Crippen LogP contribution in [-0.4, -0.2) is 42.6 Å². The number of sulfonamides is 1. The third-order valence-corrected chi connectivity index (χ3v) is 4.88. The summed E-state index contributed by atoms with van der Waals surface area (Å²) in [5.74, 6) is 0.142. The van der Waals surface area contributed by atoms with Crippen LogP contribution >= 0.6 is 15.9 Å². The Kier molecular flexibility index (Phi) is 5.54. The molecule has 0 atom stereocenters. The summed E-state index contributed by atoms with van der Waals surface area (Å²) in [4.78, 5) is -0.0816. The Labute approximate surface area is 114 Å². The molecule has 0 aliphatic heterocycles. The molecular formula is C10H14BrNO5S. The maximum Gasteiger partial charge on any atom is 0.247 e. The molecule has 0 unspecified atom stereocenters. The molecule has 18 heavy (non-hydrogen) atoms. The summed E-state index contributed by atoms with van der Waals surface area (Å²) in [6.45, 7) is 2.82. The van der Waals surface area contributed by atoms with Crippen LogP contribution in [0.25, 0.3) is 0 Å². The van der Waals surface area contributed by atoms with Crippen molar-refractivity contribution in [3.8, 4) is 0 Å². The van der Waals surface area contributed by atoms with Gasteiger partial charge < -0.3 is 14.6 Å². The van der Waals surface area contributed by atoms with Crippen LogP contribution in [0.15, 0.2) is 32.7 Å². The largest absolute Gasteiger partial charge is 0.450 e. The lowest BCUT2D eigenvalue weighted by Crippen LogP contribution is -2.33. The molecule has 2 N–H and O–H groups in total. The maximum absolute atomic E-state index is 12.3. The van der Waals surface area contributed by atoms with E-state index < -0.39 is 16.6 Å². The van der Waals surface area contributed by atoms with Gasteiger partial charge in [-0.3, -0.25) is 0 Å². The van der Waals surface area contributed by atoms with Crippen LogP contribution in [0.4, 0.5) is 0 Å². The Hall–Kier alpha value is -0.670. The van der Waals surface area contributed by atoms with Crippen molar-refractivity contribution in [1.29, 1.82) is 0 Å². The third-order valence-electron chi connectivity index (χ3n) is 2.16. The van der Waals surface area contributed by atoms with Gasteiger partial charge in [0.05, 0.1) is 6.61 Å². The van der Waals surface area contributed by atoms with E-state index >= 15 is 0 Å². The summed E-state index contributed by atoms with van der Waals surface area (Å²) in [6.07, 6.45) is 1.42. The molecule has 1 aromatic heterocycles. The second-order valence-electron chi connectivity index (χ2n) is 3.38. The van der Waals surface area contributed by atoms with E-state index in [1.54, 1.807) is 0 Å². The lowest BCUT2D eigenvalue weighted by molar-refractivity contribution is 0.245. The summed E-state index contributed by atoms with van der Waals surface area (Å²) < 4.78 is 30.6. The van der Waals surface area contributed by atoms with Crippen molar-refractivity contribution < 1.29 is 23.0 Å². The highest BCUT2D eigenvalue weighted by Crippen LogP contribution is 2.28. The second-order valence-corrected chi connectivity index (χ2v) is 6.01. The summed E-state index contributed by atoms with van der Waals surface area (Å²) >= 11 is 2.99. The molecule has 0 spiro atoms. The molecule has 0 saturated carbocycles. The minimum Gasteiger partial charge on any atom is -0.450 e. The van der Waals surface area contributed by atoms with E-state index in [9.17, 15) is 8.42 Å². The molecule has 1 aromatic rings. The van der Waals surface area contributed by atoms with Crippen molar-refractivity contribution in [3.05, 3.63) is 29.2 Å². The zero-order chi connectivity index (χ0) is 13.8. The highest BCUT2D eigenvalue weighted by atomic mass is 79.9. The molecule has 0 aliphatic rings. The van der Waals surface area contributed by atoms with Crippen molar-refractivity contribution in [2.24, 2.45) is 0 Å². The van der Waals surface area contributed by atoms with Crippen molar-refractivity contribution in [2.45, 2.75) is 11.5 Å². The monoisotopic (exact) mass is 339 g/mol. The lowest BCUT2D eigenvalue weighted by atomic mass is 10.5. The predicted molar refractivity (Wildman–Crippen MR) is 68.4 cm³/mol. The number of hydrogen-bond acceptors (Lipinski definition) is 5. The predicted octanol–water partition coefficient (Wildman–Crippen LogP) is 0.703. The molecule has 6 nitrogen and oxygen atoms in total. The minimum absolute atomic E-state index is 0.0264. The number of rotatable bonds is 7. The molecular weight excluding hydrogens is 326 g/mol. The number of furan rings is 1. The number of aliphatic hydroxyl groups excluding tert-OH is 2. The van der Waals surface area contributed by atoms with Crippen LogP contribution in [0.2, 0.25) is 0 Å². The van der Waals surface area contributed by atoms with Crippen LogP contribution < -0.4 is 0 Å². The third kappa shape index (κ3) is 3.21. The molecule has 1 rings (SSSR count). The van der Waals surface area contributed by atoms with Gasteiger partial charge in [-0.25, -0.2) is 8.42 Å². The second kappa shape index (κ2) is 6.48. The Bertz CT molecular complexity index is 510. The van der Waals surface area contributed by atoms with Crippen molar-refractivity contribution in [3.63, 3.8) is 0 Å². The van der Waals surface area contributed by atoms with Crippen LogP contribution in [0.5, 0.6) is 0 Å². The van der Waals surface area contributed by atoms with Gasteiger partial charge in [-0.05, 0) is 15.9 Å². The van der Waals surface area contributed by atoms with Crippen LogP contribution in [0.3, 0.4) is 0 Å². The molecule has 0 aromatic carbocycles. The smallest absolute Gasteiger partial charge is 0.247 e. The molecule has 0 aliphatic carbocycles. The number of nitrogens with zero attached hydrogens (tertiary/aromatic N) is 1. The Morgan fingerprint density at radius 3 is 2.61 bits per heavy atom. The highest BCUT2D eigenvalue weighted by Gasteiger charge is 2.28. The van der Waals surface area contributed by atoms with Gasteiger partial charge in [-0.15, -0.1) is 6.58 Å². The molecule has 0 bridgehead atoms. The summed E-state index contributed by atoms with van der Waals surface area (Å²) in [5.41, 5.74) is 0. The van der Waals surface area contributed by atoms with Gasteiger partial charge in [0.2, 0.25) is 10.0 Å². The molecule has 0 saturated heterocycles. The highest BCUT2D eigenvalue weighted by molar-refractivity contribution is 9.10. The van der Waals surface area contributed by atoms with E-state index in [-0.39, 0.29) is 35.0 Å². The van der Waals surface area contributed by atoms with E-state index in [1.165, 1.54) is 12.1 Å². The first-order valence-electron chi connectivity index (χ1n) is 5.08. The van der Waals surface area contributed by atoms with Gasteiger partial charge in [0.15, 0.2) is 4.67 Å². The van der Waals surface area contributed by atoms with Gasteiger partial charge in [0.1, 0.15) is 17.3 Å². The van der Waals surface area contributed by atoms with E-state index in [0.29, 0.717) is 0 Å². The minimum atomic E-state index is -3.79. The molecule has 0 fully saturated rings. The molecule has 8 heteroatoms. The Balaban J connectivity index is 3.16. The van der Waals surface area contributed by atoms with Crippen molar-refractivity contribution in [1.82, 2.24) is 4.31 Å². The van der Waals surface area contributed by atoms with Gasteiger partial charge in [-0.2, -0.15) is 4.31 Å². The maximum atomic E-state index is 12.3. The first-order chi connectivity index (χ1) is 8.47. The van der Waals surface area contributed by atoms with Crippen LogP contribution in [0, 0.1) is 0 Å². The van der Waals surface area contributed by atoms with Crippen molar-refractivity contribution in [2.75, 3.05) is 19.7 Å². The van der Waals surface area contributed by atoms with Gasteiger partial charge >= 0.3 is 0 Å². The van der Waals surface area contributed by atoms with E-state index in [1.807, 2.05) is 0 Å². The first-order valence-corrected chi connectivity index (χ1v) is 7.31. The molecule has 0 radical (unpaired) electrons. The van der Waals surface area contributed by atoms with Crippen LogP contribution in [-0.2, 0) is 16.6 Å². The first kappa shape index (κ1) is 15.4. The van der Waals surface area contributed by atoms with Gasteiger partial charge in [0, 0.05) is 19.2 Å². The van der Waals surface area contributed by atoms with Crippen LogP contribution in [0.1, 0.15) is 5.76 Å². The summed E-state index contributed by atoms with van der Waals surface area (Å²) in [7, 11) is -3.79. The fraction of sp³-hybridized carbons (Fsp3) is 0.400. The van der Waals surface area contributed by atoms with Crippen molar-refractivity contribution >= 4 is 26.0 Å². The van der Waals surface area contributed by atoms with E-state index in [4.69, 9.17) is 14.6 Å². The quantitative estimate of drug-likeness (QED) is 0.713. The molecule has 0 amide bonds. The van der Waals surface area contributed by atoms with E-state index in [0.717, 1.165) is 4.31 Å².